The SMILES string of the molecule is CC(C)[C@H](Nc1cccc(F)c1[N+](=O)[O-])C(=O)O. The van der Waals surface area contributed by atoms with Gasteiger partial charge in [-0.3, -0.25) is 10.1 Å². The maximum Gasteiger partial charge on any atom is 0.327 e. The highest BCUT2D eigenvalue weighted by atomic mass is 19.1. The Kier molecular flexibility index (Phi) is 4.19. The summed E-state index contributed by atoms with van der Waals surface area (Å²) in [6.07, 6.45) is 0. The minimum Gasteiger partial charge on any atom is -0.480 e. The fourth-order valence-electron chi connectivity index (χ4n) is 1.50. The van der Waals surface area contributed by atoms with Crippen LogP contribution in [0.15, 0.2) is 18.2 Å². The van der Waals surface area contributed by atoms with E-state index in [9.17, 15) is 19.3 Å². The Balaban J connectivity index is 3.14. The van der Waals surface area contributed by atoms with Crippen LogP contribution in [0, 0.1) is 21.8 Å². The van der Waals surface area contributed by atoms with E-state index in [1.165, 1.54) is 12.1 Å². The molecule has 0 heterocycles. The van der Waals surface area contributed by atoms with Crippen molar-refractivity contribution in [2.24, 2.45) is 5.92 Å². The first-order valence-corrected chi connectivity index (χ1v) is 5.26. The third-order valence-electron chi connectivity index (χ3n) is 2.41. The van der Waals surface area contributed by atoms with E-state index in [-0.39, 0.29) is 11.6 Å². The molecule has 6 nitrogen and oxygen atoms in total. The number of nitro benzene ring substituents is 1. The number of rotatable bonds is 5. The van der Waals surface area contributed by atoms with Gasteiger partial charge in [-0.2, -0.15) is 4.39 Å². The number of nitro groups is 1. The molecule has 0 spiro atoms. The van der Waals surface area contributed by atoms with Crippen molar-refractivity contribution in [1.82, 2.24) is 0 Å². The van der Waals surface area contributed by atoms with Crippen molar-refractivity contribution >= 4 is 17.3 Å². The van der Waals surface area contributed by atoms with Crippen LogP contribution in [-0.4, -0.2) is 22.0 Å². The number of hydrogen-bond acceptors (Lipinski definition) is 4. The molecule has 0 saturated carbocycles. The van der Waals surface area contributed by atoms with Crippen molar-refractivity contribution in [2.75, 3.05) is 5.32 Å². The number of carboxylic acids is 1. The molecule has 0 unspecified atom stereocenters. The lowest BCUT2D eigenvalue weighted by Gasteiger charge is -2.19. The zero-order valence-electron chi connectivity index (χ0n) is 9.88. The minimum absolute atomic E-state index is 0.138. The smallest absolute Gasteiger partial charge is 0.327 e. The third kappa shape index (κ3) is 2.93. The van der Waals surface area contributed by atoms with E-state index in [0.717, 1.165) is 6.07 Å². The van der Waals surface area contributed by atoms with Gasteiger partial charge in [0.25, 0.3) is 0 Å². The summed E-state index contributed by atoms with van der Waals surface area (Å²) in [6.45, 7) is 3.30. The highest BCUT2D eigenvalue weighted by Crippen LogP contribution is 2.28. The van der Waals surface area contributed by atoms with E-state index < -0.39 is 28.4 Å². The largest absolute Gasteiger partial charge is 0.480 e. The second-order valence-corrected chi connectivity index (χ2v) is 4.10. The van der Waals surface area contributed by atoms with E-state index in [1.807, 2.05) is 0 Å². The van der Waals surface area contributed by atoms with Crippen LogP contribution in [-0.2, 0) is 4.79 Å². The summed E-state index contributed by atoms with van der Waals surface area (Å²) in [7, 11) is 0. The number of halogens is 1. The molecule has 0 bridgehead atoms. The molecule has 18 heavy (non-hydrogen) atoms. The molecule has 7 heteroatoms. The summed E-state index contributed by atoms with van der Waals surface area (Å²) in [6, 6.07) is 2.49. The maximum absolute atomic E-state index is 13.3. The summed E-state index contributed by atoms with van der Waals surface area (Å²) in [4.78, 5) is 20.8. The highest BCUT2D eigenvalue weighted by molar-refractivity contribution is 5.79. The Hall–Kier alpha value is -2.18. The lowest BCUT2D eigenvalue weighted by atomic mass is 10.0. The van der Waals surface area contributed by atoms with Gasteiger partial charge in [-0.05, 0) is 18.1 Å². The molecule has 1 aromatic rings. The van der Waals surface area contributed by atoms with Crippen LogP contribution >= 0.6 is 0 Å². The summed E-state index contributed by atoms with van der Waals surface area (Å²) < 4.78 is 13.3. The molecule has 1 rings (SSSR count). The van der Waals surface area contributed by atoms with Crippen molar-refractivity contribution in [1.29, 1.82) is 0 Å². The quantitative estimate of drug-likeness (QED) is 0.622. The van der Waals surface area contributed by atoms with Crippen LogP contribution in [0.2, 0.25) is 0 Å². The lowest BCUT2D eigenvalue weighted by Crippen LogP contribution is -2.34. The number of aliphatic carboxylic acids is 1. The van der Waals surface area contributed by atoms with Crippen molar-refractivity contribution in [2.45, 2.75) is 19.9 Å². The molecule has 98 valence electrons. The Labute approximate surface area is 103 Å². The van der Waals surface area contributed by atoms with Crippen LogP contribution in [0.1, 0.15) is 13.8 Å². The van der Waals surface area contributed by atoms with Crippen LogP contribution in [0.3, 0.4) is 0 Å². The Morgan fingerprint density at radius 1 is 1.50 bits per heavy atom. The number of hydrogen-bond donors (Lipinski definition) is 2. The van der Waals surface area contributed by atoms with Crippen LogP contribution in [0.5, 0.6) is 0 Å². The fourth-order valence-corrected chi connectivity index (χ4v) is 1.50. The first kappa shape index (κ1) is 13.9. The van der Waals surface area contributed by atoms with Crippen molar-refractivity contribution in [3.63, 3.8) is 0 Å². The van der Waals surface area contributed by atoms with Crippen molar-refractivity contribution < 1.29 is 19.2 Å². The van der Waals surface area contributed by atoms with Gasteiger partial charge in [-0.25, -0.2) is 4.79 Å². The van der Waals surface area contributed by atoms with Crippen LogP contribution < -0.4 is 5.32 Å². The second-order valence-electron chi connectivity index (χ2n) is 4.10. The zero-order chi connectivity index (χ0) is 13.9. The van der Waals surface area contributed by atoms with Crippen LogP contribution in [0.25, 0.3) is 0 Å². The average molecular weight is 256 g/mol. The zero-order valence-corrected chi connectivity index (χ0v) is 9.88. The van der Waals surface area contributed by atoms with Gasteiger partial charge in [0, 0.05) is 0 Å². The number of carbonyl (C=O) groups is 1. The number of carboxylic acid groups (broad SMARTS) is 1. The Morgan fingerprint density at radius 3 is 2.56 bits per heavy atom. The molecular formula is C11H13FN2O4. The predicted octanol–water partition coefficient (Wildman–Crippen LogP) is 2.26. The summed E-state index contributed by atoms with van der Waals surface area (Å²) in [5.41, 5.74) is -0.884. The number of para-hydroxylation sites is 1. The summed E-state index contributed by atoms with van der Waals surface area (Å²) >= 11 is 0. The molecule has 0 saturated heterocycles. The Bertz CT molecular complexity index is 476. The first-order chi connectivity index (χ1) is 8.34. The Morgan fingerprint density at radius 2 is 2.11 bits per heavy atom. The van der Waals surface area contributed by atoms with Gasteiger partial charge in [0.1, 0.15) is 11.7 Å². The van der Waals surface area contributed by atoms with E-state index in [1.54, 1.807) is 13.8 Å². The van der Waals surface area contributed by atoms with Crippen LogP contribution in [0.4, 0.5) is 15.8 Å². The van der Waals surface area contributed by atoms with Gasteiger partial charge in [0.05, 0.1) is 4.92 Å². The molecule has 0 aliphatic carbocycles. The van der Waals surface area contributed by atoms with Gasteiger partial charge in [0.15, 0.2) is 0 Å². The standard InChI is InChI=1S/C11H13FN2O4/c1-6(2)9(11(15)16)13-8-5-3-4-7(12)10(8)14(17)18/h3-6,9,13H,1-2H3,(H,15,16)/t9-/m0/s1. The van der Waals surface area contributed by atoms with E-state index in [4.69, 9.17) is 5.11 Å². The topological polar surface area (TPSA) is 92.5 Å². The van der Waals surface area contributed by atoms with E-state index in [0.29, 0.717) is 0 Å². The average Bonchev–Trinajstić information content (AvgIpc) is 2.24. The van der Waals surface area contributed by atoms with Gasteiger partial charge < -0.3 is 10.4 Å². The first-order valence-electron chi connectivity index (χ1n) is 5.26. The molecule has 1 aromatic carbocycles. The fraction of sp³-hybridized carbons (Fsp3) is 0.364. The highest BCUT2D eigenvalue weighted by Gasteiger charge is 2.26. The van der Waals surface area contributed by atoms with Gasteiger partial charge >= 0.3 is 11.7 Å². The second kappa shape index (κ2) is 5.44. The molecule has 0 amide bonds. The molecular weight excluding hydrogens is 243 g/mol. The number of nitrogens with one attached hydrogen (secondary N) is 1. The number of benzene rings is 1. The normalized spacial score (nSPS) is 12.2. The molecule has 0 aromatic heterocycles. The van der Waals surface area contributed by atoms with E-state index in [2.05, 4.69) is 5.32 Å². The number of anilines is 1. The van der Waals surface area contributed by atoms with E-state index >= 15 is 0 Å². The minimum atomic E-state index is -1.15. The number of nitrogens with zero attached hydrogens (tertiary/aromatic N) is 1. The predicted molar refractivity (Wildman–Crippen MR) is 62.9 cm³/mol. The molecule has 0 aliphatic rings. The summed E-state index contributed by atoms with van der Waals surface area (Å²) in [5, 5.41) is 22.2. The molecule has 0 radical (unpaired) electrons. The molecule has 2 N–H and O–H groups in total. The van der Waals surface area contributed by atoms with Crippen molar-refractivity contribution in [3.8, 4) is 0 Å². The van der Waals surface area contributed by atoms with Crippen molar-refractivity contribution in [3.05, 3.63) is 34.1 Å². The molecule has 0 fully saturated rings. The molecule has 1 atom stereocenters. The monoisotopic (exact) mass is 256 g/mol. The van der Waals surface area contributed by atoms with Gasteiger partial charge in [0.2, 0.25) is 5.82 Å². The molecule has 0 aliphatic heterocycles. The third-order valence-corrected chi connectivity index (χ3v) is 2.41. The van der Waals surface area contributed by atoms with Gasteiger partial charge in [-0.15, -0.1) is 0 Å². The lowest BCUT2D eigenvalue weighted by molar-refractivity contribution is -0.386. The van der Waals surface area contributed by atoms with Gasteiger partial charge in [-0.1, -0.05) is 19.9 Å². The summed E-state index contributed by atoms with van der Waals surface area (Å²) in [5.74, 6) is -2.45. The maximum atomic E-state index is 13.3.